The van der Waals surface area contributed by atoms with Crippen LogP contribution < -0.4 is 26.9 Å². The van der Waals surface area contributed by atoms with Gasteiger partial charge in [-0.25, -0.2) is 10.6 Å². The van der Waals surface area contributed by atoms with E-state index in [1.807, 2.05) is 48.7 Å². The fraction of sp³-hybridized carbons (Fsp3) is 0.426. The van der Waals surface area contributed by atoms with Gasteiger partial charge in [0.25, 0.3) is 11.8 Å². The first-order valence-electron chi connectivity index (χ1n) is 22.0. The van der Waals surface area contributed by atoms with Crippen molar-refractivity contribution in [3.05, 3.63) is 98.8 Å². The second-order valence-corrected chi connectivity index (χ2v) is 17.0. The monoisotopic (exact) mass is 896 g/mol. The van der Waals surface area contributed by atoms with Crippen molar-refractivity contribution >= 4 is 63.5 Å². The van der Waals surface area contributed by atoms with Crippen LogP contribution >= 0.6 is 11.6 Å². The van der Waals surface area contributed by atoms with Crippen molar-refractivity contribution in [3.8, 4) is 5.75 Å². The fourth-order valence-electron chi connectivity index (χ4n) is 8.90. The lowest BCUT2D eigenvalue weighted by molar-refractivity contribution is -0.136. The Morgan fingerprint density at radius 3 is 2.47 bits per heavy atom. The number of aryl methyl sites for hydroxylation is 3. The number of para-hydroxylation sites is 1. The van der Waals surface area contributed by atoms with Crippen LogP contribution in [0.4, 0.5) is 5.69 Å². The van der Waals surface area contributed by atoms with Crippen molar-refractivity contribution in [2.45, 2.75) is 77.8 Å². The summed E-state index contributed by atoms with van der Waals surface area (Å²) in [6.45, 7) is 9.27. The molecule has 1 atom stereocenters. The smallest absolute Gasteiger partial charge is 0.352 e. The second kappa shape index (κ2) is 20.7. The molecule has 2 saturated heterocycles. The molecule has 3 aliphatic heterocycles. The van der Waals surface area contributed by atoms with Crippen molar-refractivity contribution in [1.82, 2.24) is 24.7 Å². The van der Waals surface area contributed by atoms with E-state index < -0.39 is 35.6 Å². The number of carboxylic acids is 1. The highest BCUT2D eigenvalue weighted by Gasteiger charge is 2.45. The van der Waals surface area contributed by atoms with E-state index in [1.165, 1.54) is 0 Å². The number of rotatable bonds is 20. The molecule has 4 heterocycles. The summed E-state index contributed by atoms with van der Waals surface area (Å²) in [5.74, 6) is 4.05. The Labute approximate surface area is 377 Å². The first kappa shape index (κ1) is 46.1. The third-order valence-corrected chi connectivity index (χ3v) is 12.7. The lowest BCUT2D eigenvalue weighted by atomic mass is 10.0. The number of amides is 4. The predicted octanol–water partition coefficient (Wildman–Crippen LogP) is 5.46. The summed E-state index contributed by atoms with van der Waals surface area (Å²) in [7, 11) is 0. The lowest BCUT2D eigenvalue weighted by Gasteiger charge is -2.27. The normalized spacial score (nSPS) is 17.0. The molecule has 4 aromatic rings. The minimum absolute atomic E-state index is 0.0579. The van der Waals surface area contributed by atoms with E-state index in [0.29, 0.717) is 80.8 Å². The standard InChI is InChI=1S/C47H57ClN8O8/c1-29-26-31(27-30(2)41(29)48)64-23-9-13-33-32-10-7-11-34(42(32)55(43(33)47(61)62)20-19-53-21-24-63-25-22-53)36(49)28-54(50)18-6-4-3-5-17-51-37-14-8-12-35-40(37)46(60)56(45(35)59)38-15-16-39(57)52-44(38)58/h7-8,10-12,14,26-28,38,51H,3-6,9,13,15-25,49-50H2,1-2H3,(H,61,62)(H,52,57,58)/b36-28-. The summed E-state index contributed by atoms with van der Waals surface area (Å²) < 4.78 is 13.5. The maximum atomic E-state index is 13.4. The van der Waals surface area contributed by atoms with Crippen LogP contribution in [0.3, 0.4) is 0 Å². The molecular weight excluding hydrogens is 840 g/mol. The number of benzene rings is 3. The minimum atomic E-state index is -1.02. The number of nitrogens with two attached hydrogens (primary N) is 2. The third kappa shape index (κ3) is 10.2. The molecule has 2 fully saturated rings. The number of aromatic nitrogens is 1. The first-order chi connectivity index (χ1) is 30.8. The molecule has 0 spiro atoms. The molecule has 0 aliphatic carbocycles. The number of aromatic carboxylic acids is 1. The number of piperidine rings is 1. The number of imide groups is 2. The molecule has 7 N–H and O–H groups in total. The number of hydrazine groups is 1. The molecule has 0 radical (unpaired) electrons. The number of halogens is 1. The van der Waals surface area contributed by atoms with Gasteiger partial charge in [-0.15, -0.1) is 0 Å². The van der Waals surface area contributed by atoms with Gasteiger partial charge >= 0.3 is 5.97 Å². The number of hydrogen-bond donors (Lipinski definition) is 5. The number of unbranched alkanes of at least 4 members (excludes halogenated alkanes) is 3. The molecule has 7 rings (SSSR count). The largest absolute Gasteiger partial charge is 0.494 e. The van der Waals surface area contributed by atoms with Crippen LogP contribution in [0.2, 0.25) is 5.02 Å². The molecule has 16 nitrogen and oxygen atoms in total. The number of fused-ring (bicyclic) bond motifs is 2. The number of anilines is 1. The molecule has 3 aromatic carbocycles. The van der Waals surface area contributed by atoms with Crippen LogP contribution in [0.1, 0.15) is 98.4 Å². The van der Waals surface area contributed by atoms with Crippen molar-refractivity contribution in [3.63, 3.8) is 0 Å². The molecule has 0 saturated carbocycles. The molecule has 4 amide bonds. The topological polar surface area (TPSA) is 215 Å². The number of carbonyl (C=O) groups excluding carboxylic acids is 4. The zero-order chi connectivity index (χ0) is 45.5. The van der Waals surface area contributed by atoms with Gasteiger partial charge in [-0.2, -0.15) is 0 Å². The molecule has 17 heteroatoms. The van der Waals surface area contributed by atoms with Crippen molar-refractivity contribution in [1.29, 1.82) is 0 Å². The molecule has 340 valence electrons. The van der Waals surface area contributed by atoms with Gasteiger partial charge in [-0.1, -0.05) is 48.7 Å². The van der Waals surface area contributed by atoms with Gasteiger partial charge in [0.15, 0.2) is 0 Å². The van der Waals surface area contributed by atoms with Crippen molar-refractivity contribution < 1.29 is 38.6 Å². The minimum Gasteiger partial charge on any atom is -0.494 e. The number of nitrogens with one attached hydrogen (secondary N) is 2. The summed E-state index contributed by atoms with van der Waals surface area (Å²) in [5.41, 5.74) is 12.5. The van der Waals surface area contributed by atoms with E-state index in [4.69, 9.17) is 32.7 Å². The summed E-state index contributed by atoms with van der Waals surface area (Å²) in [4.78, 5) is 67.1. The Bertz CT molecular complexity index is 2440. The number of morpholine rings is 1. The number of carboxylic acid groups (broad SMARTS) is 1. The van der Waals surface area contributed by atoms with Gasteiger partial charge in [0, 0.05) is 73.5 Å². The number of ether oxygens (including phenoxy) is 2. The highest BCUT2D eigenvalue weighted by Crippen LogP contribution is 2.35. The van der Waals surface area contributed by atoms with E-state index >= 15 is 0 Å². The molecule has 64 heavy (non-hydrogen) atoms. The van der Waals surface area contributed by atoms with Gasteiger partial charge < -0.3 is 35.2 Å². The Kier molecular flexibility index (Phi) is 14.9. The van der Waals surface area contributed by atoms with E-state index in [-0.39, 0.29) is 29.7 Å². The van der Waals surface area contributed by atoms with Gasteiger partial charge in [0.05, 0.1) is 42.2 Å². The maximum absolute atomic E-state index is 13.4. The number of nitrogens with zero attached hydrogens (tertiary/aromatic N) is 4. The lowest BCUT2D eigenvalue weighted by Crippen LogP contribution is -2.54. The van der Waals surface area contributed by atoms with Gasteiger partial charge in [0.2, 0.25) is 11.8 Å². The van der Waals surface area contributed by atoms with Gasteiger partial charge in [-0.3, -0.25) is 34.3 Å². The summed E-state index contributed by atoms with van der Waals surface area (Å²) in [6.07, 6.45) is 6.22. The highest BCUT2D eigenvalue weighted by atomic mass is 35.5. The summed E-state index contributed by atoms with van der Waals surface area (Å²) >= 11 is 6.36. The van der Waals surface area contributed by atoms with E-state index in [9.17, 15) is 29.1 Å². The van der Waals surface area contributed by atoms with Crippen LogP contribution in [0.15, 0.2) is 54.7 Å². The SMILES string of the molecule is Cc1cc(OCCCc2c(C(=O)O)n(CCN3CCOCC3)c3c(/C(N)=C/N(N)CCCCCCNc4cccc5c4C(=O)N(C4CCC(=O)NC4=O)C5=O)cccc23)cc(C)c1Cl. The Morgan fingerprint density at radius 1 is 1.00 bits per heavy atom. The fourth-order valence-corrected chi connectivity index (χ4v) is 9.01. The van der Waals surface area contributed by atoms with E-state index in [1.54, 1.807) is 29.4 Å². The maximum Gasteiger partial charge on any atom is 0.352 e. The van der Waals surface area contributed by atoms with Gasteiger partial charge in [-0.05, 0) is 86.9 Å². The zero-order valence-corrected chi connectivity index (χ0v) is 37.2. The molecule has 0 bridgehead atoms. The van der Waals surface area contributed by atoms with Crippen LogP contribution in [-0.2, 0) is 27.3 Å². The van der Waals surface area contributed by atoms with Crippen molar-refractivity contribution in [2.75, 3.05) is 57.9 Å². The first-order valence-corrected chi connectivity index (χ1v) is 22.4. The summed E-state index contributed by atoms with van der Waals surface area (Å²) in [5, 5.41) is 19.3. The molecule has 1 aromatic heterocycles. The highest BCUT2D eigenvalue weighted by molar-refractivity contribution is 6.32. The van der Waals surface area contributed by atoms with Crippen molar-refractivity contribution in [2.24, 2.45) is 11.6 Å². The number of carbonyl (C=O) groups is 5. The molecular formula is C47H57ClN8O8. The van der Waals surface area contributed by atoms with Crippen LogP contribution in [0.25, 0.3) is 16.6 Å². The predicted molar refractivity (Wildman–Crippen MR) is 244 cm³/mol. The molecule has 1 unspecified atom stereocenters. The third-order valence-electron chi connectivity index (χ3n) is 12.1. The van der Waals surface area contributed by atoms with Crippen LogP contribution in [-0.4, -0.2) is 113 Å². The van der Waals surface area contributed by atoms with E-state index in [0.717, 1.165) is 77.0 Å². The van der Waals surface area contributed by atoms with Crippen LogP contribution in [0.5, 0.6) is 5.75 Å². The zero-order valence-electron chi connectivity index (χ0n) is 36.4. The Hall–Kier alpha value is -5.94. The summed E-state index contributed by atoms with van der Waals surface area (Å²) in [6, 6.07) is 13.6. The molecule has 3 aliphatic rings. The average molecular weight is 897 g/mol. The Morgan fingerprint density at radius 2 is 1.73 bits per heavy atom. The quantitative estimate of drug-likeness (QED) is 0.0323. The average Bonchev–Trinajstić information content (AvgIpc) is 3.73. The second-order valence-electron chi connectivity index (χ2n) is 16.6. The van der Waals surface area contributed by atoms with Crippen LogP contribution in [0, 0.1) is 13.8 Å². The Balaban J connectivity index is 0.971. The van der Waals surface area contributed by atoms with E-state index in [2.05, 4.69) is 15.5 Å². The number of hydrogen-bond acceptors (Lipinski definition) is 12. The van der Waals surface area contributed by atoms with Gasteiger partial charge in [0.1, 0.15) is 17.5 Å².